The van der Waals surface area contributed by atoms with Gasteiger partial charge in [0, 0.05) is 41.5 Å². The minimum atomic E-state index is -3.75. The Labute approximate surface area is 216 Å². The predicted octanol–water partition coefficient (Wildman–Crippen LogP) is 4.17. The molecule has 4 rings (SSSR count). The molecule has 1 aromatic carbocycles. The standard InChI is InChI=1S/C25H32ClN5O4S/c1-4-13-25(5-2,24(32)33)22-17(3)28-21-12-14-27-31(21)23(22)30-15-6-7-19(16-30)29-36(34,35)20-10-8-18(26)9-11-20/h8-12,14,19,29H,4-7,13,15-16H2,1-3H3,(H,32,33)/t19-,25?/m0/s1. The monoisotopic (exact) mass is 533 g/mol. The molecule has 36 heavy (non-hydrogen) atoms. The number of fused-ring (bicyclic) bond motifs is 1. The number of hydrogen-bond donors (Lipinski definition) is 2. The van der Waals surface area contributed by atoms with E-state index in [1.807, 2.05) is 20.8 Å². The summed E-state index contributed by atoms with van der Waals surface area (Å²) in [6.07, 6.45) is 4.60. The van der Waals surface area contributed by atoms with Crippen LogP contribution in [0.4, 0.5) is 5.82 Å². The smallest absolute Gasteiger partial charge is 0.314 e. The summed E-state index contributed by atoms with van der Waals surface area (Å²) in [6.45, 7) is 6.74. The molecule has 0 amide bonds. The fourth-order valence-electron chi connectivity index (χ4n) is 5.33. The van der Waals surface area contributed by atoms with Gasteiger partial charge in [0.1, 0.15) is 5.82 Å². The van der Waals surface area contributed by atoms with Crippen molar-refractivity contribution in [2.24, 2.45) is 0 Å². The highest BCUT2D eigenvalue weighted by molar-refractivity contribution is 7.89. The van der Waals surface area contributed by atoms with Crippen LogP contribution in [-0.2, 0) is 20.2 Å². The van der Waals surface area contributed by atoms with Crippen molar-refractivity contribution in [1.29, 1.82) is 0 Å². The molecule has 1 unspecified atom stereocenters. The third-order valence-corrected chi connectivity index (χ3v) is 8.81. The van der Waals surface area contributed by atoms with Crippen LogP contribution in [0.25, 0.3) is 5.65 Å². The van der Waals surface area contributed by atoms with E-state index in [9.17, 15) is 18.3 Å². The number of carbonyl (C=O) groups is 1. The van der Waals surface area contributed by atoms with Crippen molar-refractivity contribution in [3.63, 3.8) is 0 Å². The molecule has 9 nitrogen and oxygen atoms in total. The van der Waals surface area contributed by atoms with Crippen molar-refractivity contribution >= 4 is 39.1 Å². The normalized spacial score (nSPS) is 18.3. The van der Waals surface area contributed by atoms with Gasteiger partial charge >= 0.3 is 5.97 Å². The molecule has 0 radical (unpaired) electrons. The molecule has 2 atom stereocenters. The molecule has 2 N–H and O–H groups in total. The molecule has 1 aliphatic heterocycles. The van der Waals surface area contributed by atoms with Crippen molar-refractivity contribution in [3.05, 3.63) is 52.8 Å². The Morgan fingerprint density at radius 3 is 2.61 bits per heavy atom. The second-order valence-corrected chi connectivity index (χ2v) is 11.5. The van der Waals surface area contributed by atoms with Gasteiger partial charge in [0.25, 0.3) is 0 Å². The van der Waals surface area contributed by atoms with Crippen molar-refractivity contribution in [1.82, 2.24) is 19.3 Å². The van der Waals surface area contributed by atoms with Crippen molar-refractivity contribution in [3.8, 4) is 0 Å². The van der Waals surface area contributed by atoms with E-state index in [0.717, 1.165) is 6.42 Å². The number of nitrogens with zero attached hydrogens (tertiary/aromatic N) is 4. The summed E-state index contributed by atoms with van der Waals surface area (Å²) in [5.41, 5.74) is 0.801. The zero-order valence-electron chi connectivity index (χ0n) is 20.7. The van der Waals surface area contributed by atoms with E-state index in [4.69, 9.17) is 11.6 Å². The van der Waals surface area contributed by atoms with Gasteiger partial charge in [-0.1, -0.05) is 31.9 Å². The minimum Gasteiger partial charge on any atom is -0.481 e. The van der Waals surface area contributed by atoms with Crippen LogP contribution in [0.1, 0.15) is 57.2 Å². The molecule has 11 heteroatoms. The third-order valence-electron chi connectivity index (χ3n) is 7.03. The molecule has 1 aliphatic rings. The Morgan fingerprint density at radius 1 is 1.25 bits per heavy atom. The number of halogens is 1. The lowest BCUT2D eigenvalue weighted by Crippen LogP contribution is -2.49. The highest BCUT2D eigenvalue weighted by Gasteiger charge is 2.44. The number of hydrogen-bond acceptors (Lipinski definition) is 6. The Bertz CT molecular complexity index is 1360. The van der Waals surface area contributed by atoms with Crippen molar-refractivity contribution in [2.45, 2.75) is 69.2 Å². The number of benzene rings is 1. The van der Waals surface area contributed by atoms with E-state index < -0.39 is 21.4 Å². The van der Waals surface area contributed by atoms with Gasteiger partial charge in [-0.3, -0.25) is 4.79 Å². The predicted molar refractivity (Wildman–Crippen MR) is 139 cm³/mol. The van der Waals surface area contributed by atoms with Crippen LogP contribution in [0.15, 0.2) is 41.4 Å². The van der Waals surface area contributed by atoms with Gasteiger partial charge in [0.15, 0.2) is 5.65 Å². The largest absolute Gasteiger partial charge is 0.481 e. The first-order valence-electron chi connectivity index (χ1n) is 12.2. The van der Waals surface area contributed by atoms with E-state index in [0.29, 0.717) is 66.5 Å². The maximum absolute atomic E-state index is 13.0. The number of carboxylic acids is 1. The molecular formula is C25H32ClN5O4S. The second-order valence-electron chi connectivity index (χ2n) is 9.35. The lowest BCUT2D eigenvalue weighted by atomic mass is 9.73. The van der Waals surface area contributed by atoms with Crippen LogP contribution in [0.5, 0.6) is 0 Å². The molecule has 0 saturated carbocycles. The highest BCUT2D eigenvalue weighted by atomic mass is 35.5. The topological polar surface area (TPSA) is 117 Å². The zero-order valence-corrected chi connectivity index (χ0v) is 22.3. The van der Waals surface area contributed by atoms with Crippen LogP contribution in [-0.4, -0.2) is 53.2 Å². The molecule has 0 bridgehead atoms. The summed E-state index contributed by atoms with van der Waals surface area (Å²) in [5, 5.41) is 15.4. The molecule has 194 valence electrons. The first kappa shape index (κ1) is 26.4. The van der Waals surface area contributed by atoms with Crippen LogP contribution in [0, 0.1) is 6.92 Å². The second kappa shape index (κ2) is 10.4. The molecule has 2 aromatic heterocycles. The number of piperidine rings is 1. The van der Waals surface area contributed by atoms with E-state index in [1.165, 1.54) is 12.1 Å². The average molecular weight is 534 g/mol. The summed E-state index contributed by atoms with van der Waals surface area (Å²) in [5.74, 6) is -0.211. The van der Waals surface area contributed by atoms with Crippen LogP contribution in [0.2, 0.25) is 5.02 Å². The number of rotatable bonds is 9. The Kier molecular flexibility index (Phi) is 7.59. The summed E-state index contributed by atoms with van der Waals surface area (Å²) in [6, 6.07) is 7.49. The number of anilines is 1. The Balaban J connectivity index is 1.76. The van der Waals surface area contributed by atoms with E-state index in [2.05, 4.69) is 19.7 Å². The number of aromatic nitrogens is 3. The van der Waals surface area contributed by atoms with Gasteiger partial charge in [-0.25, -0.2) is 18.1 Å². The Hall–Kier alpha value is -2.69. The number of aryl methyl sites for hydroxylation is 1. The van der Waals surface area contributed by atoms with Gasteiger partial charge in [-0.05, 0) is 56.9 Å². The molecule has 0 aliphatic carbocycles. The molecular weight excluding hydrogens is 502 g/mol. The van der Waals surface area contributed by atoms with Crippen molar-refractivity contribution < 1.29 is 18.3 Å². The third kappa shape index (κ3) is 4.81. The van der Waals surface area contributed by atoms with Gasteiger partial charge < -0.3 is 10.0 Å². The summed E-state index contributed by atoms with van der Waals surface area (Å²) in [7, 11) is -3.75. The number of sulfonamides is 1. The molecule has 0 spiro atoms. The number of carboxylic acid groups (broad SMARTS) is 1. The molecule has 3 heterocycles. The maximum atomic E-state index is 13.0. The van der Waals surface area contributed by atoms with E-state index in [-0.39, 0.29) is 10.9 Å². The average Bonchev–Trinajstić information content (AvgIpc) is 3.30. The van der Waals surface area contributed by atoms with Crippen molar-refractivity contribution in [2.75, 3.05) is 18.0 Å². The van der Waals surface area contributed by atoms with Gasteiger partial charge in [-0.2, -0.15) is 9.61 Å². The fraction of sp³-hybridized carbons (Fsp3) is 0.480. The van der Waals surface area contributed by atoms with Gasteiger partial charge in [-0.15, -0.1) is 0 Å². The lowest BCUT2D eigenvalue weighted by molar-refractivity contribution is -0.144. The van der Waals surface area contributed by atoms with E-state index >= 15 is 0 Å². The first-order chi connectivity index (χ1) is 17.1. The summed E-state index contributed by atoms with van der Waals surface area (Å²) >= 11 is 5.92. The fourth-order valence-corrected chi connectivity index (χ4v) is 6.72. The lowest BCUT2D eigenvalue weighted by Gasteiger charge is -2.39. The molecule has 3 aromatic rings. The maximum Gasteiger partial charge on any atom is 0.314 e. The quantitative estimate of drug-likeness (QED) is 0.424. The van der Waals surface area contributed by atoms with Gasteiger partial charge in [0.05, 0.1) is 16.5 Å². The Morgan fingerprint density at radius 2 is 1.97 bits per heavy atom. The molecule has 1 fully saturated rings. The number of nitrogens with one attached hydrogen (secondary N) is 1. The van der Waals surface area contributed by atoms with Crippen LogP contribution < -0.4 is 9.62 Å². The van der Waals surface area contributed by atoms with E-state index in [1.54, 1.807) is 28.9 Å². The minimum absolute atomic E-state index is 0.151. The zero-order chi connectivity index (χ0) is 26.1. The van der Waals surface area contributed by atoms with Crippen LogP contribution >= 0.6 is 11.6 Å². The summed E-state index contributed by atoms with van der Waals surface area (Å²) in [4.78, 5) is 19.7. The number of aliphatic carboxylic acids is 1. The van der Waals surface area contributed by atoms with Crippen LogP contribution in [0.3, 0.4) is 0 Å². The first-order valence-corrected chi connectivity index (χ1v) is 14.1. The highest BCUT2D eigenvalue weighted by Crippen LogP contribution is 2.41. The van der Waals surface area contributed by atoms with Gasteiger partial charge in [0.2, 0.25) is 10.0 Å². The summed E-state index contributed by atoms with van der Waals surface area (Å²) < 4.78 is 30.6. The SMILES string of the molecule is CCCC(CC)(C(=O)O)c1c(C)nc2ccnn2c1N1CCC[C@H](NS(=O)(=O)c2ccc(Cl)cc2)C1. The molecule has 1 saturated heterocycles.